The van der Waals surface area contributed by atoms with E-state index < -0.39 is 0 Å². The van der Waals surface area contributed by atoms with E-state index in [0.29, 0.717) is 6.54 Å². The summed E-state index contributed by atoms with van der Waals surface area (Å²) in [5.41, 5.74) is 5.69. The number of para-hydroxylation sites is 1. The Morgan fingerprint density at radius 1 is 1.62 bits per heavy atom. The second kappa shape index (κ2) is 5.37. The summed E-state index contributed by atoms with van der Waals surface area (Å²) < 4.78 is 4.91. The molecule has 1 unspecified atom stereocenters. The predicted molar refractivity (Wildman–Crippen MR) is 60.6 cm³/mol. The first-order valence-electron chi connectivity index (χ1n) is 4.96. The molecular weight excluding hydrogens is 208 g/mol. The second-order valence-corrected chi connectivity index (χ2v) is 3.54. The molecule has 0 aliphatic heterocycles. The van der Waals surface area contributed by atoms with Gasteiger partial charge < -0.3 is 20.9 Å². The van der Waals surface area contributed by atoms with Crippen LogP contribution in [0.5, 0.6) is 11.5 Å². The number of carbonyl (C=O) groups excluding carboxylic acids is 1. The molecule has 16 heavy (non-hydrogen) atoms. The minimum atomic E-state index is -0.367. The van der Waals surface area contributed by atoms with Crippen LogP contribution in [0.4, 0.5) is 0 Å². The van der Waals surface area contributed by atoms with E-state index >= 15 is 0 Å². The number of benzene rings is 1. The van der Waals surface area contributed by atoms with Gasteiger partial charge in [-0.1, -0.05) is 6.07 Å². The summed E-state index contributed by atoms with van der Waals surface area (Å²) in [5, 5.41) is 12.3. The quantitative estimate of drug-likeness (QED) is 0.694. The van der Waals surface area contributed by atoms with Gasteiger partial charge in [0, 0.05) is 12.6 Å². The van der Waals surface area contributed by atoms with Crippen LogP contribution in [-0.2, 0) is 0 Å². The largest absolute Gasteiger partial charge is 0.504 e. The summed E-state index contributed by atoms with van der Waals surface area (Å²) >= 11 is 0. The topological polar surface area (TPSA) is 84.6 Å². The third-order valence-electron chi connectivity index (χ3n) is 2.05. The number of carbonyl (C=O) groups is 1. The molecule has 0 heterocycles. The van der Waals surface area contributed by atoms with Crippen LogP contribution in [0.3, 0.4) is 0 Å². The number of amides is 1. The number of methoxy groups -OCH3 is 1. The summed E-state index contributed by atoms with van der Waals surface area (Å²) in [7, 11) is 1.43. The summed E-state index contributed by atoms with van der Waals surface area (Å²) in [6, 6.07) is 4.61. The molecule has 0 fully saturated rings. The summed E-state index contributed by atoms with van der Waals surface area (Å²) in [5.74, 6) is -0.255. The fourth-order valence-electron chi connectivity index (χ4n) is 1.22. The molecular formula is C11H16N2O3. The molecule has 0 aliphatic carbocycles. The Bertz CT molecular complexity index is 377. The molecule has 5 nitrogen and oxygen atoms in total. The molecule has 0 spiro atoms. The summed E-state index contributed by atoms with van der Waals surface area (Å²) in [6.45, 7) is 2.14. The minimum Gasteiger partial charge on any atom is -0.504 e. The van der Waals surface area contributed by atoms with Gasteiger partial charge in [0.25, 0.3) is 5.91 Å². The van der Waals surface area contributed by atoms with Crippen molar-refractivity contribution in [3.8, 4) is 11.5 Å². The zero-order valence-electron chi connectivity index (χ0n) is 9.36. The number of nitrogens with one attached hydrogen (secondary N) is 1. The van der Waals surface area contributed by atoms with Gasteiger partial charge >= 0.3 is 0 Å². The third kappa shape index (κ3) is 2.87. The van der Waals surface area contributed by atoms with Gasteiger partial charge in [-0.05, 0) is 19.1 Å². The molecule has 5 heteroatoms. The van der Waals surface area contributed by atoms with Crippen molar-refractivity contribution in [3.63, 3.8) is 0 Å². The van der Waals surface area contributed by atoms with Crippen molar-refractivity contribution in [1.29, 1.82) is 0 Å². The predicted octanol–water partition coefficient (Wildman–Crippen LogP) is 0.478. The van der Waals surface area contributed by atoms with Gasteiger partial charge in [0.05, 0.1) is 12.7 Å². The first-order valence-corrected chi connectivity index (χ1v) is 4.96. The van der Waals surface area contributed by atoms with Gasteiger partial charge in [-0.25, -0.2) is 0 Å². The number of phenolic OH excluding ortho intramolecular Hbond substituents is 1. The molecule has 0 radical (unpaired) electrons. The summed E-state index contributed by atoms with van der Waals surface area (Å²) in [4.78, 5) is 11.7. The Labute approximate surface area is 94.2 Å². The molecule has 88 valence electrons. The highest BCUT2D eigenvalue weighted by Crippen LogP contribution is 2.28. The van der Waals surface area contributed by atoms with Gasteiger partial charge in [-0.2, -0.15) is 0 Å². The zero-order valence-corrected chi connectivity index (χ0v) is 9.36. The van der Waals surface area contributed by atoms with Crippen LogP contribution in [0.15, 0.2) is 18.2 Å². The number of phenols is 1. The van der Waals surface area contributed by atoms with Gasteiger partial charge in [0.15, 0.2) is 11.5 Å². The fraction of sp³-hybridized carbons (Fsp3) is 0.364. The standard InChI is InChI=1S/C11H16N2O3/c1-7(12)6-13-11(15)8-4-3-5-9(16-2)10(8)14/h3-5,7,14H,6,12H2,1-2H3,(H,13,15). The van der Waals surface area contributed by atoms with E-state index in [1.54, 1.807) is 19.1 Å². The molecule has 1 aromatic rings. The maximum atomic E-state index is 11.7. The van der Waals surface area contributed by atoms with Crippen LogP contribution in [0.1, 0.15) is 17.3 Å². The van der Waals surface area contributed by atoms with Crippen LogP contribution in [0.25, 0.3) is 0 Å². The number of hydrogen-bond acceptors (Lipinski definition) is 4. The Morgan fingerprint density at radius 3 is 2.88 bits per heavy atom. The number of hydrogen-bond donors (Lipinski definition) is 3. The van der Waals surface area contributed by atoms with E-state index in [0.717, 1.165) is 0 Å². The van der Waals surface area contributed by atoms with Crippen LogP contribution < -0.4 is 15.8 Å². The van der Waals surface area contributed by atoms with E-state index in [9.17, 15) is 9.90 Å². The van der Waals surface area contributed by atoms with E-state index in [2.05, 4.69) is 5.32 Å². The fourth-order valence-corrected chi connectivity index (χ4v) is 1.22. The highest BCUT2D eigenvalue weighted by atomic mass is 16.5. The van der Waals surface area contributed by atoms with Crippen molar-refractivity contribution in [2.75, 3.05) is 13.7 Å². The number of rotatable bonds is 4. The molecule has 1 amide bonds. The van der Waals surface area contributed by atoms with Crippen molar-refractivity contribution in [3.05, 3.63) is 23.8 Å². The van der Waals surface area contributed by atoms with E-state index in [1.807, 2.05) is 0 Å². The normalized spacial score (nSPS) is 11.9. The maximum Gasteiger partial charge on any atom is 0.255 e. The molecule has 0 aliphatic rings. The summed E-state index contributed by atoms with van der Waals surface area (Å²) in [6.07, 6.45) is 0. The highest BCUT2D eigenvalue weighted by molar-refractivity contribution is 5.97. The average Bonchev–Trinajstić information content (AvgIpc) is 2.26. The van der Waals surface area contributed by atoms with Crippen LogP contribution >= 0.6 is 0 Å². The lowest BCUT2D eigenvalue weighted by Gasteiger charge is -2.10. The van der Waals surface area contributed by atoms with Crippen molar-refractivity contribution in [2.45, 2.75) is 13.0 Å². The minimum absolute atomic E-state index is 0.128. The molecule has 1 rings (SSSR count). The SMILES string of the molecule is COc1cccc(C(=O)NCC(C)N)c1O. The van der Waals surface area contributed by atoms with E-state index in [-0.39, 0.29) is 29.0 Å². The Kier molecular flexibility index (Phi) is 4.13. The number of aromatic hydroxyl groups is 1. The third-order valence-corrected chi connectivity index (χ3v) is 2.05. The zero-order chi connectivity index (χ0) is 12.1. The molecule has 0 saturated heterocycles. The Morgan fingerprint density at radius 2 is 2.31 bits per heavy atom. The van der Waals surface area contributed by atoms with Crippen LogP contribution in [-0.4, -0.2) is 30.7 Å². The van der Waals surface area contributed by atoms with Crippen molar-refractivity contribution in [2.24, 2.45) is 5.73 Å². The van der Waals surface area contributed by atoms with Gasteiger partial charge in [0.1, 0.15) is 0 Å². The van der Waals surface area contributed by atoms with E-state index in [1.165, 1.54) is 13.2 Å². The lowest BCUT2D eigenvalue weighted by Crippen LogP contribution is -2.35. The maximum absolute atomic E-state index is 11.7. The van der Waals surface area contributed by atoms with Crippen molar-refractivity contribution >= 4 is 5.91 Å². The van der Waals surface area contributed by atoms with Gasteiger partial charge in [0.2, 0.25) is 0 Å². The first kappa shape index (κ1) is 12.3. The van der Waals surface area contributed by atoms with E-state index in [4.69, 9.17) is 10.5 Å². The number of ether oxygens (including phenoxy) is 1. The lowest BCUT2D eigenvalue weighted by atomic mass is 10.1. The Hall–Kier alpha value is -1.75. The second-order valence-electron chi connectivity index (χ2n) is 3.54. The van der Waals surface area contributed by atoms with Crippen LogP contribution in [0, 0.1) is 0 Å². The molecule has 1 aromatic carbocycles. The molecule has 1 atom stereocenters. The smallest absolute Gasteiger partial charge is 0.255 e. The van der Waals surface area contributed by atoms with Crippen molar-refractivity contribution < 1.29 is 14.6 Å². The molecule has 0 bridgehead atoms. The van der Waals surface area contributed by atoms with Crippen LogP contribution in [0.2, 0.25) is 0 Å². The monoisotopic (exact) mass is 224 g/mol. The molecule has 4 N–H and O–H groups in total. The first-order chi connectivity index (χ1) is 7.56. The molecule has 0 aromatic heterocycles. The Balaban J connectivity index is 2.83. The van der Waals surface area contributed by atoms with Gasteiger partial charge in [-0.3, -0.25) is 4.79 Å². The van der Waals surface area contributed by atoms with Crippen molar-refractivity contribution in [1.82, 2.24) is 5.32 Å². The average molecular weight is 224 g/mol. The van der Waals surface area contributed by atoms with Gasteiger partial charge in [-0.15, -0.1) is 0 Å². The number of nitrogens with two attached hydrogens (primary N) is 1. The lowest BCUT2D eigenvalue weighted by molar-refractivity contribution is 0.0948. The highest BCUT2D eigenvalue weighted by Gasteiger charge is 2.14. The molecule has 0 saturated carbocycles.